The molecular weight excluding hydrogens is 338 g/mol. The molecule has 9 heteroatoms. The Morgan fingerprint density at radius 1 is 1.12 bits per heavy atom. The highest BCUT2D eigenvalue weighted by Gasteiger charge is 2.20. The third-order valence-corrected chi connectivity index (χ3v) is 4.43. The van der Waals surface area contributed by atoms with Crippen molar-refractivity contribution >= 4 is 27.6 Å². The van der Waals surface area contributed by atoms with Crippen molar-refractivity contribution in [3.05, 3.63) is 53.6 Å². The van der Waals surface area contributed by atoms with Gasteiger partial charge in [-0.25, -0.2) is 18.0 Å². The molecule has 0 saturated heterocycles. The average molecular weight is 350 g/mol. The molecule has 2 aromatic rings. The molecule has 0 aliphatic heterocycles. The molecule has 2 aromatic carbocycles. The van der Waals surface area contributed by atoms with Crippen molar-refractivity contribution < 1.29 is 33.0 Å². The molecule has 0 aliphatic rings. The molecule has 0 radical (unpaired) electrons. The number of sulfonamides is 1. The summed E-state index contributed by atoms with van der Waals surface area (Å²) in [7, 11) is -3.06. The zero-order chi connectivity index (χ0) is 17.9. The first-order valence-electron chi connectivity index (χ1n) is 6.51. The summed E-state index contributed by atoms with van der Waals surface area (Å²) in [4.78, 5) is 22.2. The lowest BCUT2D eigenvalue weighted by Gasteiger charge is -2.14. The van der Waals surface area contributed by atoms with Gasteiger partial charge in [-0.15, -0.1) is 0 Å². The Bertz CT molecular complexity index is 906. The number of hydrogen-bond acceptors (Lipinski definition) is 6. The number of aromatic carboxylic acids is 1. The van der Waals surface area contributed by atoms with Crippen LogP contribution in [0.5, 0.6) is 5.75 Å². The van der Waals surface area contributed by atoms with Crippen LogP contribution in [0.4, 0.5) is 5.69 Å². The van der Waals surface area contributed by atoms with Crippen molar-refractivity contribution in [2.75, 3.05) is 11.8 Å². The van der Waals surface area contributed by atoms with Crippen LogP contribution in [-0.4, -0.2) is 32.6 Å². The monoisotopic (exact) mass is 350 g/mol. The Morgan fingerprint density at radius 2 is 1.79 bits per heavy atom. The van der Waals surface area contributed by atoms with Gasteiger partial charge in [0.1, 0.15) is 0 Å². The number of ether oxygens (including phenoxy) is 1. The summed E-state index contributed by atoms with van der Waals surface area (Å²) in [5.41, 5.74) is -0.714. The number of carbonyl (C=O) groups is 2. The summed E-state index contributed by atoms with van der Waals surface area (Å²) in [5, 5.41) is 20.3. The highest BCUT2D eigenvalue weighted by atomic mass is 32.2. The minimum absolute atomic E-state index is 0.0116. The number of carbonyl (C=O) groups excluding carboxylic acids is 1. The fraction of sp³-hybridized carbons (Fsp3) is 0.0667. The molecule has 0 aliphatic carbocycles. The third-order valence-electron chi connectivity index (χ3n) is 3.07. The molecule has 126 valence electrons. The van der Waals surface area contributed by atoms with Crippen molar-refractivity contribution in [3.8, 4) is 5.75 Å². The molecule has 0 amide bonds. The van der Waals surface area contributed by atoms with Gasteiger partial charge in [-0.1, -0.05) is 23.9 Å². The number of carboxylic acids is 1. The van der Waals surface area contributed by atoms with Crippen LogP contribution in [0.2, 0.25) is 0 Å². The molecule has 24 heavy (non-hydrogen) atoms. The molecule has 0 unspecified atom stereocenters. The van der Waals surface area contributed by atoms with Gasteiger partial charge in [0, 0.05) is 0 Å². The SMILES string of the molecule is COC(=O)c1ccccc1NS(=O)(=O)c1ccc([O-])c(C(=O)O)c1. The quantitative estimate of drug-likeness (QED) is 0.770. The topological polar surface area (TPSA) is 133 Å². The molecule has 0 spiro atoms. The molecule has 0 heterocycles. The number of benzene rings is 2. The van der Waals surface area contributed by atoms with E-state index in [-0.39, 0.29) is 11.3 Å². The van der Waals surface area contributed by atoms with E-state index in [0.717, 1.165) is 25.3 Å². The van der Waals surface area contributed by atoms with Crippen LogP contribution in [-0.2, 0) is 14.8 Å². The van der Waals surface area contributed by atoms with Crippen LogP contribution in [0, 0.1) is 0 Å². The summed E-state index contributed by atoms with van der Waals surface area (Å²) < 4.78 is 31.5. The lowest BCUT2D eigenvalue weighted by atomic mass is 10.2. The van der Waals surface area contributed by atoms with Gasteiger partial charge in [-0.05, 0) is 24.3 Å². The summed E-state index contributed by atoms with van der Waals surface area (Å²) in [6.07, 6.45) is 0. The predicted molar refractivity (Wildman–Crippen MR) is 81.4 cm³/mol. The van der Waals surface area contributed by atoms with Gasteiger partial charge in [-0.2, -0.15) is 0 Å². The highest BCUT2D eigenvalue weighted by molar-refractivity contribution is 7.92. The van der Waals surface area contributed by atoms with Gasteiger partial charge in [0.2, 0.25) is 0 Å². The number of rotatable bonds is 5. The summed E-state index contributed by atoms with van der Waals surface area (Å²) in [6.45, 7) is 0. The van der Waals surface area contributed by atoms with E-state index < -0.39 is 38.2 Å². The van der Waals surface area contributed by atoms with Gasteiger partial charge in [0.05, 0.1) is 28.8 Å². The average Bonchev–Trinajstić information content (AvgIpc) is 2.54. The molecule has 8 nitrogen and oxygen atoms in total. The van der Waals surface area contributed by atoms with E-state index in [1.54, 1.807) is 0 Å². The maximum Gasteiger partial charge on any atom is 0.339 e. The van der Waals surface area contributed by atoms with Crippen molar-refractivity contribution in [1.82, 2.24) is 0 Å². The van der Waals surface area contributed by atoms with E-state index in [1.807, 2.05) is 0 Å². The zero-order valence-electron chi connectivity index (χ0n) is 12.3. The maximum atomic E-state index is 12.4. The minimum Gasteiger partial charge on any atom is -0.872 e. The van der Waals surface area contributed by atoms with E-state index in [9.17, 15) is 23.1 Å². The minimum atomic E-state index is -4.21. The van der Waals surface area contributed by atoms with Crippen molar-refractivity contribution in [3.63, 3.8) is 0 Å². The Kier molecular flexibility index (Phi) is 4.74. The van der Waals surface area contributed by atoms with Crippen molar-refractivity contribution in [2.24, 2.45) is 0 Å². The van der Waals surface area contributed by atoms with E-state index in [1.165, 1.54) is 24.3 Å². The first kappa shape index (κ1) is 17.3. The molecule has 0 aromatic heterocycles. The van der Waals surface area contributed by atoms with Gasteiger partial charge in [-0.3, -0.25) is 4.72 Å². The Balaban J connectivity index is 2.45. The summed E-state index contributed by atoms with van der Waals surface area (Å²) in [5.74, 6) is -3.09. The maximum absolute atomic E-state index is 12.4. The fourth-order valence-electron chi connectivity index (χ4n) is 1.91. The number of nitrogens with one attached hydrogen (secondary N) is 1. The number of para-hydroxylation sites is 1. The second-order valence-electron chi connectivity index (χ2n) is 4.61. The van der Waals surface area contributed by atoms with Gasteiger partial charge in [0.25, 0.3) is 10.0 Å². The van der Waals surface area contributed by atoms with E-state index in [2.05, 4.69) is 9.46 Å². The molecular formula is C15H12NO7S-. The van der Waals surface area contributed by atoms with Crippen LogP contribution in [0.3, 0.4) is 0 Å². The van der Waals surface area contributed by atoms with E-state index in [0.29, 0.717) is 0 Å². The van der Waals surface area contributed by atoms with Gasteiger partial charge >= 0.3 is 11.9 Å². The number of anilines is 1. The van der Waals surface area contributed by atoms with Crippen LogP contribution >= 0.6 is 0 Å². The molecule has 0 fully saturated rings. The second kappa shape index (κ2) is 6.59. The Morgan fingerprint density at radius 3 is 2.42 bits per heavy atom. The van der Waals surface area contributed by atoms with Gasteiger partial charge in [0.15, 0.2) is 0 Å². The first-order valence-corrected chi connectivity index (χ1v) is 7.99. The van der Waals surface area contributed by atoms with Crippen LogP contribution in [0.15, 0.2) is 47.4 Å². The standard InChI is InChI=1S/C15H13NO7S/c1-23-15(20)10-4-2-3-5-12(10)16-24(21,22)9-6-7-13(17)11(8-9)14(18)19/h2-8,16-17H,1H3,(H,18,19)/p-1. The summed E-state index contributed by atoms with van der Waals surface area (Å²) >= 11 is 0. The lowest BCUT2D eigenvalue weighted by molar-refractivity contribution is -0.268. The Hall–Kier alpha value is -3.07. The Labute approximate surface area is 137 Å². The van der Waals surface area contributed by atoms with Crippen molar-refractivity contribution in [1.29, 1.82) is 0 Å². The van der Waals surface area contributed by atoms with Gasteiger partial charge < -0.3 is 14.9 Å². The number of hydrogen-bond donors (Lipinski definition) is 2. The molecule has 2 N–H and O–H groups in total. The van der Waals surface area contributed by atoms with Crippen molar-refractivity contribution in [2.45, 2.75) is 4.90 Å². The molecule has 2 rings (SSSR count). The molecule has 0 saturated carbocycles. The third kappa shape index (κ3) is 3.46. The zero-order valence-corrected chi connectivity index (χ0v) is 13.2. The van der Waals surface area contributed by atoms with E-state index in [4.69, 9.17) is 5.11 Å². The number of methoxy groups -OCH3 is 1. The van der Waals surface area contributed by atoms with Crippen LogP contribution in [0.1, 0.15) is 20.7 Å². The normalized spacial score (nSPS) is 10.9. The molecule has 0 bridgehead atoms. The highest BCUT2D eigenvalue weighted by Crippen LogP contribution is 2.23. The number of esters is 1. The smallest absolute Gasteiger partial charge is 0.339 e. The lowest BCUT2D eigenvalue weighted by Crippen LogP contribution is -2.17. The first-order chi connectivity index (χ1) is 11.3. The molecule has 0 atom stereocenters. The van der Waals surface area contributed by atoms with Crippen LogP contribution in [0.25, 0.3) is 0 Å². The van der Waals surface area contributed by atoms with E-state index >= 15 is 0 Å². The fourth-order valence-corrected chi connectivity index (χ4v) is 3.01. The summed E-state index contributed by atoms with van der Waals surface area (Å²) in [6, 6.07) is 8.35. The predicted octanol–water partition coefficient (Wildman–Crippen LogP) is 1.05. The number of carboxylic acid groups (broad SMARTS) is 1. The second-order valence-corrected chi connectivity index (χ2v) is 6.29. The van der Waals surface area contributed by atoms with Crippen LogP contribution < -0.4 is 9.83 Å². The largest absolute Gasteiger partial charge is 0.872 e.